The van der Waals surface area contributed by atoms with Gasteiger partial charge in [0, 0.05) is 11.0 Å². The Balaban J connectivity index is 1.59. The first-order valence-electron chi connectivity index (χ1n) is 8.24. The van der Waals surface area contributed by atoms with Crippen LogP contribution < -0.4 is 5.32 Å². The third kappa shape index (κ3) is 4.53. The van der Waals surface area contributed by atoms with Gasteiger partial charge in [0.2, 0.25) is 5.89 Å². The van der Waals surface area contributed by atoms with Gasteiger partial charge in [-0.2, -0.15) is 0 Å². The summed E-state index contributed by atoms with van der Waals surface area (Å²) in [6, 6.07) is 7.49. The molecule has 3 aromatic rings. The number of carbonyl (C=O) groups is 1. The van der Waals surface area contributed by atoms with Crippen LogP contribution in [0.25, 0.3) is 0 Å². The summed E-state index contributed by atoms with van der Waals surface area (Å²) in [6.45, 7) is 8.20. The Hall–Kier alpha value is -2.12. The van der Waals surface area contributed by atoms with Gasteiger partial charge in [-0.15, -0.1) is 11.8 Å². The van der Waals surface area contributed by atoms with Crippen molar-refractivity contribution in [3.05, 3.63) is 59.4 Å². The number of anilines is 1. The Morgan fingerprint density at radius 1 is 1.23 bits per heavy atom. The minimum atomic E-state index is -0.142. The number of aryl methyl sites for hydroxylation is 1. The van der Waals surface area contributed by atoms with Crippen molar-refractivity contribution in [2.24, 2.45) is 0 Å². The Bertz CT molecular complexity index is 909. The summed E-state index contributed by atoms with van der Waals surface area (Å²) in [5, 5.41) is 3.44. The zero-order chi connectivity index (χ0) is 18.7. The van der Waals surface area contributed by atoms with Crippen molar-refractivity contribution in [2.45, 2.75) is 43.1 Å². The predicted molar refractivity (Wildman–Crippen MR) is 106 cm³/mol. The summed E-state index contributed by atoms with van der Waals surface area (Å²) in [5.74, 6) is 2.06. The van der Waals surface area contributed by atoms with Gasteiger partial charge in [-0.1, -0.05) is 50.3 Å². The number of benzene rings is 1. The Morgan fingerprint density at radius 2 is 2.00 bits per heavy atom. The van der Waals surface area contributed by atoms with E-state index in [9.17, 15) is 4.79 Å². The molecule has 5 nitrogen and oxygen atoms in total. The van der Waals surface area contributed by atoms with Gasteiger partial charge >= 0.3 is 0 Å². The molecule has 0 atom stereocenters. The third-order valence-corrected chi connectivity index (χ3v) is 5.82. The van der Waals surface area contributed by atoms with Crippen LogP contribution in [0, 0.1) is 6.92 Å². The second-order valence-electron chi connectivity index (χ2n) is 6.91. The van der Waals surface area contributed by atoms with Crippen LogP contribution in [0.2, 0.25) is 0 Å². The second kappa shape index (κ2) is 7.63. The quantitative estimate of drug-likeness (QED) is 0.603. The highest BCUT2D eigenvalue weighted by Gasteiger charge is 2.19. The molecule has 1 aromatic carbocycles. The van der Waals surface area contributed by atoms with Gasteiger partial charge in [0.05, 0.1) is 22.4 Å². The van der Waals surface area contributed by atoms with E-state index in [1.807, 2.05) is 31.2 Å². The van der Waals surface area contributed by atoms with E-state index in [1.54, 1.807) is 24.2 Å². The van der Waals surface area contributed by atoms with Gasteiger partial charge < -0.3 is 4.42 Å². The van der Waals surface area contributed by atoms with Gasteiger partial charge in [0.25, 0.3) is 5.91 Å². The van der Waals surface area contributed by atoms with E-state index in [0.29, 0.717) is 22.3 Å². The molecule has 0 aliphatic rings. The van der Waals surface area contributed by atoms with Crippen molar-refractivity contribution in [1.82, 2.24) is 9.97 Å². The minimum absolute atomic E-state index is 0.0482. The standard InChI is InChI=1S/C19H21N3O2S2/c1-12-7-5-6-8-13(12)17(23)22-18-21-10-16(26-18)25-11-15-20-9-14(24-15)19(2,3)4/h5-10H,11H2,1-4H3,(H,21,22,23). The first kappa shape index (κ1) is 18.7. The molecule has 7 heteroatoms. The van der Waals surface area contributed by atoms with Crippen LogP contribution in [0.4, 0.5) is 5.13 Å². The van der Waals surface area contributed by atoms with Crippen LogP contribution >= 0.6 is 23.1 Å². The molecule has 26 heavy (non-hydrogen) atoms. The van der Waals surface area contributed by atoms with Crippen molar-refractivity contribution < 1.29 is 9.21 Å². The molecule has 3 rings (SSSR count). The van der Waals surface area contributed by atoms with Gasteiger partial charge in [-0.05, 0) is 18.6 Å². The number of nitrogens with one attached hydrogen (secondary N) is 1. The fourth-order valence-electron chi connectivity index (χ4n) is 2.23. The van der Waals surface area contributed by atoms with Crippen molar-refractivity contribution in [2.75, 3.05) is 5.32 Å². The number of thioether (sulfide) groups is 1. The molecule has 0 saturated heterocycles. The average Bonchev–Trinajstić information content (AvgIpc) is 3.22. The van der Waals surface area contributed by atoms with Crippen LogP contribution in [0.3, 0.4) is 0 Å². The number of amides is 1. The zero-order valence-corrected chi connectivity index (χ0v) is 16.8. The van der Waals surface area contributed by atoms with Crippen LogP contribution in [-0.4, -0.2) is 15.9 Å². The first-order valence-corrected chi connectivity index (χ1v) is 10.0. The van der Waals surface area contributed by atoms with Crippen molar-refractivity contribution >= 4 is 34.1 Å². The number of hydrogen-bond acceptors (Lipinski definition) is 6. The largest absolute Gasteiger partial charge is 0.444 e. The van der Waals surface area contributed by atoms with Crippen molar-refractivity contribution in [3.63, 3.8) is 0 Å². The minimum Gasteiger partial charge on any atom is -0.444 e. The maximum absolute atomic E-state index is 12.3. The van der Waals surface area contributed by atoms with E-state index >= 15 is 0 Å². The lowest BCUT2D eigenvalue weighted by Crippen LogP contribution is -2.12. The topological polar surface area (TPSA) is 68.0 Å². The molecule has 2 aromatic heterocycles. The molecule has 0 radical (unpaired) electrons. The molecule has 1 N–H and O–H groups in total. The molecule has 0 aliphatic carbocycles. The molecule has 0 saturated carbocycles. The molecule has 0 bridgehead atoms. The first-order chi connectivity index (χ1) is 12.3. The summed E-state index contributed by atoms with van der Waals surface area (Å²) in [7, 11) is 0. The molecule has 1 amide bonds. The van der Waals surface area contributed by atoms with E-state index in [-0.39, 0.29) is 11.3 Å². The molecule has 2 heterocycles. The van der Waals surface area contributed by atoms with Crippen LogP contribution in [0.5, 0.6) is 0 Å². The van der Waals surface area contributed by atoms with Gasteiger partial charge in [0.1, 0.15) is 5.76 Å². The highest BCUT2D eigenvalue weighted by Crippen LogP contribution is 2.32. The number of rotatable bonds is 5. The number of thiazole rings is 1. The zero-order valence-electron chi connectivity index (χ0n) is 15.2. The Kier molecular flexibility index (Phi) is 5.48. The van der Waals surface area contributed by atoms with Crippen molar-refractivity contribution in [1.29, 1.82) is 0 Å². The molecule has 136 valence electrons. The maximum atomic E-state index is 12.3. The molecule has 0 fully saturated rings. The number of nitrogens with zero attached hydrogens (tertiary/aromatic N) is 2. The normalized spacial score (nSPS) is 11.5. The van der Waals surface area contributed by atoms with Gasteiger partial charge in [0.15, 0.2) is 5.13 Å². The smallest absolute Gasteiger partial charge is 0.257 e. The van der Waals surface area contributed by atoms with Crippen LogP contribution in [-0.2, 0) is 11.2 Å². The van der Waals surface area contributed by atoms with E-state index in [2.05, 4.69) is 36.1 Å². The second-order valence-corrected chi connectivity index (χ2v) is 9.22. The highest BCUT2D eigenvalue weighted by atomic mass is 32.2. The lowest BCUT2D eigenvalue weighted by Gasteiger charge is -2.12. The van der Waals surface area contributed by atoms with Crippen LogP contribution in [0.1, 0.15) is 48.3 Å². The Morgan fingerprint density at radius 3 is 2.69 bits per heavy atom. The Labute approximate surface area is 161 Å². The molecule has 0 unspecified atom stereocenters. The lowest BCUT2D eigenvalue weighted by atomic mass is 9.94. The van der Waals surface area contributed by atoms with Gasteiger partial charge in [-0.3, -0.25) is 10.1 Å². The SMILES string of the molecule is Cc1ccccc1C(=O)Nc1ncc(SCc2ncc(C(C)(C)C)o2)s1. The predicted octanol–water partition coefficient (Wildman–Crippen LogP) is 5.28. The lowest BCUT2D eigenvalue weighted by molar-refractivity contribution is 0.102. The molecule has 0 spiro atoms. The van der Waals surface area contributed by atoms with E-state index < -0.39 is 0 Å². The fraction of sp³-hybridized carbons (Fsp3) is 0.316. The van der Waals surface area contributed by atoms with E-state index in [1.165, 1.54) is 11.3 Å². The summed E-state index contributed by atoms with van der Waals surface area (Å²) in [4.78, 5) is 21.0. The number of oxazole rings is 1. The maximum Gasteiger partial charge on any atom is 0.257 e. The number of hydrogen-bond donors (Lipinski definition) is 1. The van der Waals surface area contributed by atoms with Gasteiger partial charge in [-0.25, -0.2) is 9.97 Å². The molecular formula is C19H21N3O2S2. The summed E-state index contributed by atoms with van der Waals surface area (Å²) < 4.78 is 6.80. The van der Waals surface area contributed by atoms with E-state index in [0.717, 1.165) is 15.5 Å². The number of carbonyl (C=O) groups excluding carboxylic acids is 1. The summed E-state index contributed by atoms with van der Waals surface area (Å²) >= 11 is 3.04. The summed E-state index contributed by atoms with van der Waals surface area (Å²) in [5.41, 5.74) is 1.55. The fourth-order valence-corrected chi connectivity index (χ4v) is 3.95. The van der Waals surface area contributed by atoms with E-state index in [4.69, 9.17) is 4.42 Å². The summed E-state index contributed by atoms with van der Waals surface area (Å²) in [6.07, 6.45) is 3.55. The molecule has 0 aliphatic heterocycles. The monoisotopic (exact) mass is 387 g/mol. The van der Waals surface area contributed by atoms with Crippen LogP contribution in [0.15, 0.2) is 45.3 Å². The number of aromatic nitrogens is 2. The molecular weight excluding hydrogens is 366 g/mol. The third-order valence-electron chi connectivity index (χ3n) is 3.73. The van der Waals surface area contributed by atoms with Crippen molar-refractivity contribution in [3.8, 4) is 0 Å². The highest BCUT2D eigenvalue weighted by molar-refractivity contribution is 8.00. The average molecular weight is 388 g/mol.